The summed E-state index contributed by atoms with van der Waals surface area (Å²) >= 11 is 0. The molecule has 2 heterocycles. The maximum absolute atomic E-state index is 14.6. The number of aryl methyl sites for hydroxylation is 1. The van der Waals surface area contributed by atoms with Gasteiger partial charge in [-0.2, -0.15) is 0 Å². The molecule has 29 heavy (non-hydrogen) atoms. The van der Waals surface area contributed by atoms with E-state index in [-0.39, 0.29) is 23.2 Å². The van der Waals surface area contributed by atoms with Gasteiger partial charge < -0.3 is 9.72 Å². The van der Waals surface area contributed by atoms with Gasteiger partial charge in [-0.3, -0.25) is 9.69 Å². The number of likely N-dealkylation sites (tertiary alicyclic amines) is 1. The first-order valence-corrected chi connectivity index (χ1v) is 9.71. The van der Waals surface area contributed by atoms with Crippen LogP contribution in [-0.4, -0.2) is 35.1 Å². The van der Waals surface area contributed by atoms with Crippen molar-refractivity contribution in [2.75, 3.05) is 20.2 Å². The van der Waals surface area contributed by atoms with Gasteiger partial charge in [0.1, 0.15) is 17.4 Å². The average molecular weight is 393 g/mol. The molecule has 150 valence electrons. The minimum absolute atomic E-state index is 0.0569. The molecule has 0 bridgehead atoms. The van der Waals surface area contributed by atoms with E-state index in [1.54, 1.807) is 26.2 Å². The fourth-order valence-electron chi connectivity index (χ4n) is 4.23. The Labute approximate surface area is 169 Å². The van der Waals surface area contributed by atoms with E-state index in [4.69, 9.17) is 4.74 Å². The zero-order valence-electron chi connectivity index (χ0n) is 16.6. The second-order valence-electron chi connectivity index (χ2n) is 7.54. The number of nitrogens with one attached hydrogen (secondary N) is 1. The number of methoxy groups -OCH3 is 1. The van der Waals surface area contributed by atoms with E-state index in [0.717, 1.165) is 17.9 Å². The number of benzene rings is 2. The third kappa shape index (κ3) is 4.22. The van der Waals surface area contributed by atoms with E-state index in [9.17, 15) is 9.18 Å². The van der Waals surface area contributed by atoms with E-state index in [0.29, 0.717) is 30.2 Å². The Morgan fingerprint density at radius 3 is 2.69 bits per heavy atom. The molecule has 6 heteroatoms. The minimum Gasteiger partial charge on any atom is -0.497 e. The number of nitrogens with zero attached hydrogens (tertiary/aromatic N) is 2. The van der Waals surface area contributed by atoms with Crippen molar-refractivity contribution in [3.05, 3.63) is 93.4 Å². The molecule has 5 nitrogen and oxygen atoms in total. The molecule has 0 amide bonds. The van der Waals surface area contributed by atoms with Crippen molar-refractivity contribution in [3.8, 4) is 5.75 Å². The standard InChI is InChI=1S/C23H24FN3O2/c1-15-25-22(11-23(28)26-15)20-14-27(12-16-6-5-7-17(10-16)29-2)13-19(20)18-8-3-4-9-21(18)24/h3-11,19-20H,12-14H2,1-2H3,(H,25,26,28)/t19-,20+/m0/s1. The Bertz CT molecular complexity index is 1070. The maximum atomic E-state index is 14.6. The summed E-state index contributed by atoms with van der Waals surface area (Å²) in [5.41, 5.74) is 2.34. The number of halogens is 1. The van der Waals surface area contributed by atoms with Gasteiger partial charge in [0.05, 0.1) is 12.8 Å². The molecular formula is C23H24FN3O2. The Hall–Kier alpha value is -2.99. The zero-order chi connectivity index (χ0) is 20.4. The van der Waals surface area contributed by atoms with Crippen LogP contribution < -0.4 is 10.3 Å². The molecular weight excluding hydrogens is 369 g/mol. The lowest BCUT2D eigenvalue weighted by Gasteiger charge is -2.19. The van der Waals surface area contributed by atoms with Crippen molar-refractivity contribution < 1.29 is 9.13 Å². The third-order valence-corrected chi connectivity index (χ3v) is 5.50. The van der Waals surface area contributed by atoms with E-state index < -0.39 is 0 Å². The lowest BCUT2D eigenvalue weighted by atomic mass is 9.86. The Morgan fingerprint density at radius 2 is 1.93 bits per heavy atom. The fourth-order valence-corrected chi connectivity index (χ4v) is 4.23. The van der Waals surface area contributed by atoms with Crippen LogP contribution in [0.3, 0.4) is 0 Å². The molecule has 0 unspecified atom stereocenters. The molecule has 1 saturated heterocycles. The number of aromatic amines is 1. The van der Waals surface area contributed by atoms with E-state index >= 15 is 0 Å². The predicted molar refractivity (Wildman–Crippen MR) is 110 cm³/mol. The van der Waals surface area contributed by atoms with Gasteiger partial charge in [-0.25, -0.2) is 9.37 Å². The molecule has 2 aromatic carbocycles. The highest BCUT2D eigenvalue weighted by molar-refractivity contribution is 5.31. The Kier molecular flexibility index (Phi) is 5.45. The van der Waals surface area contributed by atoms with Gasteiger partial charge in [-0.15, -0.1) is 0 Å². The molecule has 1 aliphatic heterocycles. The molecule has 4 rings (SSSR count). The third-order valence-electron chi connectivity index (χ3n) is 5.50. The summed E-state index contributed by atoms with van der Waals surface area (Å²) in [5.74, 6) is 1.04. The molecule has 0 aliphatic carbocycles. The monoisotopic (exact) mass is 393 g/mol. The minimum atomic E-state index is -0.215. The molecule has 1 N–H and O–H groups in total. The number of aromatic nitrogens is 2. The van der Waals surface area contributed by atoms with Crippen LogP contribution in [0.4, 0.5) is 4.39 Å². The summed E-state index contributed by atoms with van der Waals surface area (Å²) < 4.78 is 19.9. The number of rotatable bonds is 5. The Balaban J connectivity index is 1.67. The highest BCUT2D eigenvalue weighted by Gasteiger charge is 2.37. The molecule has 2 atom stereocenters. The van der Waals surface area contributed by atoms with Crippen LogP contribution in [0.25, 0.3) is 0 Å². The van der Waals surface area contributed by atoms with Gasteiger partial charge in [0.15, 0.2) is 0 Å². The molecule has 0 radical (unpaired) electrons. The van der Waals surface area contributed by atoms with Gasteiger partial charge in [0, 0.05) is 37.5 Å². The number of hydrogen-bond acceptors (Lipinski definition) is 4. The largest absolute Gasteiger partial charge is 0.497 e. The quantitative estimate of drug-likeness (QED) is 0.720. The smallest absolute Gasteiger partial charge is 0.251 e. The molecule has 3 aromatic rings. The van der Waals surface area contributed by atoms with Crippen LogP contribution in [0, 0.1) is 12.7 Å². The number of hydrogen-bond donors (Lipinski definition) is 1. The fraction of sp³-hybridized carbons (Fsp3) is 0.304. The first-order chi connectivity index (χ1) is 14.0. The second kappa shape index (κ2) is 8.17. The highest BCUT2D eigenvalue weighted by atomic mass is 19.1. The normalized spacial score (nSPS) is 19.4. The van der Waals surface area contributed by atoms with Crippen molar-refractivity contribution in [2.24, 2.45) is 0 Å². The van der Waals surface area contributed by atoms with Gasteiger partial charge >= 0.3 is 0 Å². The lowest BCUT2D eigenvalue weighted by Crippen LogP contribution is -2.20. The van der Waals surface area contributed by atoms with Crippen LogP contribution in [0.2, 0.25) is 0 Å². The summed E-state index contributed by atoms with van der Waals surface area (Å²) in [7, 11) is 1.65. The van der Waals surface area contributed by atoms with Crippen LogP contribution in [0.15, 0.2) is 59.4 Å². The van der Waals surface area contributed by atoms with Crippen molar-refractivity contribution in [1.29, 1.82) is 0 Å². The zero-order valence-corrected chi connectivity index (χ0v) is 16.6. The molecule has 0 spiro atoms. The predicted octanol–water partition coefficient (Wildman–Crippen LogP) is 3.61. The van der Waals surface area contributed by atoms with Crippen LogP contribution in [0.1, 0.15) is 34.5 Å². The maximum Gasteiger partial charge on any atom is 0.251 e. The Morgan fingerprint density at radius 1 is 1.14 bits per heavy atom. The second-order valence-corrected chi connectivity index (χ2v) is 7.54. The van der Waals surface area contributed by atoms with Gasteiger partial charge in [-0.05, 0) is 36.2 Å². The summed E-state index contributed by atoms with van der Waals surface area (Å²) in [6, 6.07) is 16.4. The van der Waals surface area contributed by atoms with Gasteiger partial charge in [0.2, 0.25) is 0 Å². The van der Waals surface area contributed by atoms with Crippen LogP contribution in [0.5, 0.6) is 5.75 Å². The van der Waals surface area contributed by atoms with Crippen molar-refractivity contribution in [2.45, 2.75) is 25.3 Å². The SMILES string of the molecule is COc1cccc(CN2C[C@@H](c3cc(=O)[nH]c(C)n3)[C@H](c3ccccc3F)C2)c1. The summed E-state index contributed by atoms with van der Waals surface area (Å²) in [5, 5.41) is 0. The van der Waals surface area contributed by atoms with Gasteiger partial charge in [-0.1, -0.05) is 30.3 Å². The summed E-state index contributed by atoms with van der Waals surface area (Å²) in [4.78, 5) is 21.6. The van der Waals surface area contributed by atoms with E-state index in [1.165, 1.54) is 6.07 Å². The molecule has 1 aliphatic rings. The first-order valence-electron chi connectivity index (χ1n) is 9.71. The molecule has 1 aromatic heterocycles. The van der Waals surface area contributed by atoms with Crippen LogP contribution >= 0.6 is 0 Å². The van der Waals surface area contributed by atoms with Crippen molar-refractivity contribution >= 4 is 0 Å². The van der Waals surface area contributed by atoms with Crippen LogP contribution in [-0.2, 0) is 6.54 Å². The van der Waals surface area contributed by atoms with Crippen molar-refractivity contribution in [3.63, 3.8) is 0 Å². The summed E-state index contributed by atoms with van der Waals surface area (Å²) in [6.07, 6.45) is 0. The van der Waals surface area contributed by atoms with E-state index in [1.807, 2.05) is 30.3 Å². The number of ether oxygens (including phenoxy) is 1. The average Bonchev–Trinajstić information content (AvgIpc) is 3.11. The topological polar surface area (TPSA) is 58.2 Å². The van der Waals surface area contributed by atoms with E-state index in [2.05, 4.69) is 20.9 Å². The lowest BCUT2D eigenvalue weighted by molar-refractivity contribution is 0.322. The first kappa shape index (κ1) is 19.3. The highest BCUT2D eigenvalue weighted by Crippen LogP contribution is 2.40. The number of H-pyrrole nitrogens is 1. The molecule has 0 saturated carbocycles. The van der Waals surface area contributed by atoms with Gasteiger partial charge in [0.25, 0.3) is 5.56 Å². The molecule has 1 fully saturated rings. The summed E-state index contributed by atoms with van der Waals surface area (Å²) in [6.45, 7) is 3.88. The van der Waals surface area contributed by atoms with Crippen molar-refractivity contribution in [1.82, 2.24) is 14.9 Å².